The summed E-state index contributed by atoms with van der Waals surface area (Å²) in [5.41, 5.74) is 22.2. The van der Waals surface area contributed by atoms with Crippen LogP contribution in [0.2, 0.25) is 0 Å². The third-order valence-electron chi connectivity index (χ3n) is 4.38. The first-order valence-electron chi connectivity index (χ1n) is 8.68. The highest BCUT2D eigenvalue weighted by Gasteiger charge is 2.09. The Hall–Kier alpha value is -3.59. The van der Waals surface area contributed by atoms with Crippen LogP contribution in [0.1, 0.15) is 35.1 Å². The van der Waals surface area contributed by atoms with Crippen LogP contribution in [0.25, 0.3) is 0 Å². The highest BCUT2D eigenvalue weighted by molar-refractivity contribution is 6.14. The molecule has 2 aromatic carbocycles. The molecule has 0 unspecified atom stereocenters. The maximum absolute atomic E-state index is 8.69. The SMILES string of the molecule is N#Cc1ccc2c(c1)CCCC2.N=C/C=C(\N)C(=N)c1cc(N)ccc1N. The quantitative estimate of drug-likeness (QED) is 0.422. The van der Waals surface area contributed by atoms with Gasteiger partial charge in [0.25, 0.3) is 0 Å². The van der Waals surface area contributed by atoms with Crippen molar-refractivity contribution in [2.45, 2.75) is 25.7 Å². The lowest BCUT2D eigenvalue weighted by Gasteiger charge is -2.14. The standard InChI is InChI=1S/C11H11N.C10H13N5/c12-8-9-5-6-10-3-1-2-4-11(10)7-9;11-4-3-9(14)10(15)7-5-6(12)1-2-8(7)13/h5-7H,1-4H2;1-5,11,15H,12-14H2/b;9-3-,11-4?,15-10?. The van der Waals surface area contributed by atoms with E-state index >= 15 is 0 Å². The van der Waals surface area contributed by atoms with Crippen molar-refractivity contribution in [2.75, 3.05) is 11.5 Å². The summed E-state index contributed by atoms with van der Waals surface area (Å²) in [6.07, 6.45) is 7.28. The number of anilines is 2. The lowest BCUT2D eigenvalue weighted by Crippen LogP contribution is -2.14. The first-order chi connectivity index (χ1) is 13.0. The van der Waals surface area contributed by atoms with E-state index in [-0.39, 0.29) is 11.4 Å². The van der Waals surface area contributed by atoms with E-state index in [1.807, 2.05) is 12.1 Å². The molecule has 0 radical (unpaired) electrons. The van der Waals surface area contributed by atoms with Crippen molar-refractivity contribution in [2.24, 2.45) is 5.73 Å². The summed E-state index contributed by atoms with van der Waals surface area (Å²) in [6.45, 7) is 0. The van der Waals surface area contributed by atoms with Gasteiger partial charge >= 0.3 is 0 Å². The topological polar surface area (TPSA) is 150 Å². The number of nitriles is 1. The monoisotopic (exact) mass is 360 g/mol. The van der Waals surface area contributed by atoms with Gasteiger partial charge in [0.1, 0.15) is 0 Å². The molecule has 27 heavy (non-hydrogen) atoms. The Balaban J connectivity index is 0.000000198. The van der Waals surface area contributed by atoms with Gasteiger partial charge in [0.05, 0.1) is 23.0 Å². The highest BCUT2D eigenvalue weighted by atomic mass is 14.7. The van der Waals surface area contributed by atoms with E-state index in [9.17, 15) is 0 Å². The fourth-order valence-corrected chi connectivity index (χ4v) is 2.92. The van der Waals surface area contributed by atoms with E-state index in [1.165, 1.54) is 36.5 Å². The number of hydrogen-bond acceptors (Lipinski definition) is 6. The van der Waals surface area contributed by atoms with Gasteiger partial charge in [-0.2, -0.15) is 5.26 Å². The zero-order valence-corrected chi connectivity index (χ0v) is 15.1. The van der Waals surface area contributed by atoms with Gasteiger partial charge in [-0.1, -0.05) is 6.07 Å². The average Bonchev–Trinajstić information content (AvgIpc) is 2.69. The minimum atomic E-state index is 0.0725. The minimum Gasteiger partial charge on any atom is -0.399 e. The lowest BCUT2D eigenvalue weighted by atomic mass is 9.91. The van der Waals surface area contributed by atoms with Crippen LogP contribution in [0.4, 0.5) is 11.4 Å². The van der Waals surface area contributed by atoms with E-state index in [0.29, 0.717) is 16.9 Å². The molecule has 0 bridgehead atoms. The molecule has 8 N–H and O–H groups in total. The molecular formula is C21H24N6. The van der Waals surface area contributed by atoms with Crippen LogP contribution in [-0.2, 0) is 12.8 Å². The van der Waals surface area contributed by atoms with Gasteiger partial charge in [-0.05, 0) is 73.2 Å². The molecule has 1 aliphatic carbocycles. The van der Waals surface area contributed by atoms with Crippen molar-refractivity contribution in [1.82, 2.24) is 0 Å². The third-order valence-corrected chi connectivity index (χ3v) is 4.38. The summed E-state index contributed by atoms with van der Waals surface area (Å²) >= 11 is 0. The number of nitrogens with two attached hydrogens (primary N) is 3. The molecule has 6 nitrogen and oxygen atoms in total. The fraction of sp³-hybridized carbons (Fsp3) is 0.190. The molecule has 0 spiro atoms. The van der Waals surface area contributed by atoms with Gasteiger partial charge in [-0.15, -0.1) is 0 Å². The van der Waals surface area contributed by atoms with Crippen LogP contribution in [0.3, 0.4) is 0 Å². The second-order valence-electron chi connectivity index (χ2n) is 6.31. The summed E-state index contributed by atoms with van der Waals surface area (Å²) < 4.78 is 0. The van der Waals surface area contributed by atoms with Crippen LogP contribution in [0.15, 0.2) is 48.2 Å². The first-order valence-corrected chi connectivity index (χ1v) is 8.68. The average molecular weight is 360 g/mol. The third kappa shape index (κ3) is 5.19. The fourth-order valence-electron chi connectivity index (χ4n) is 2.92. The number of benzene rings is 2. The van der Waals surface area contributed by atoms with E-state index in [2.05, 4.69) is 12.1 Å². The molecule has 0 amide bonds. The van der Waals surface area contributed by atoms with Crippen LogP contribution in [0.5, 0.6) is 0 Å². The number of hydrogen-bond donors (Lipinski definition) is 5. The molecule has 138 valence electrons. The highest BCUT2D eigenvalue weighted by Crippen LogP contribution is 2.21. The molecule has 3 rings (SSSR count). The Morgan fingerprint density at radius 1 is 1.04 bits per heavy atom. The largest absolute Gasteiger partial charge is 0.399 e. The Bertz CT molecular complexity index is 921. The van der Waals surface area contributed by atoms with Crippen LogP contribution in [0, 0.1) is 22.1 Å². The molecule has 6 heteroatoms. The summed E-state index contributed by atoms with van der Waals surface area (Å²) in [4.78, 5) is 0. The smallest absolute Gasteiger partial charge is 0.0991 e. The molecule has 2 aromatic rings. The van der Waals surface area contributed by atoms with Crippen molar-refractivity contribution in [3.8, 4) is 6.07 Å². The molecule has 1 aliphatic rings. The number of nitrogen functional groups attached to an aromatic ring is 2. The van der Waals surface area contributed by atoms with Crippen molar-refractivity contribution < 1.29 is 0 Å². The summed E-state index contributed by atoms with van der Waals surface area (Å²) in [5.74, 6) is 0. The number of aryl methyl sites for hydroxylation is 2. The van der Waals surface area contributed by atoms with Crippen LogP contribution >= 0.6 is 0 Å². The molecule has 0 aromatic heterocycles. The molecular weight excluding hydrogens is 336 g/mol. The van der Waals surface area contributed by atoms with E-state index in [4.69, 9.17) is 33.3 Å². The normalized spacial score (nSPS) is 12.8. The van der Waals surface area contributed by atoms with Gasteiger partial charge in [-0.3, -0.25) is 5.41 Å². The number of rotatable bonds is 3. The molecule has 0 heterocycles. The van der Waals surface area contributed by atoms with Crippen molar-refractivity contribution >= 4 is 23.3 Å². The van der Waals surface area contributed by atoms with Gasteiger partial charge in [0.2, 0.25) is 0 Å². The maximum Gasteiger partial charge on any atom is 0.0991 e. The molecule has 0 aliphatic heterocycles. The van der Waals surface area contributed by atoms with Crippen LogP contribution in [-0.4, -0.2) is 11.9 Å². The Morgan fingerprint density at radius 2 is 1.74 bits per heavy atom. The van der Waals surface area contributed by atoms with Gasteiger partial charge in [0.15, 0.2) is 0 Å². The summed E-state index contributed by atoms with van der Waals surface area (Å²) in [7, 11) is 0. The number of nitrogens with one attached hydrogen (secondary N) is 2. The molecule has 0 fully saturated rings. The Kier molecular flexibility index (Phi) is 6.73. The second kappa shape index (κ2) is 9.20. The van der Waals surface area contributed by atoms with Gasteiger partial charge in [-0.25, -0.2) is 0 Å². The minimum absolute atomic E-state index is 0.0725. The second-order valence-corrected chi connectivity index (χ2v) is 6.31. The van der Waals surface area contributed by atoms with E-state index in [0.717, 1.165) is 18.2 Å². The van der Waals surface area contributed by atoms with Crippen LogP contribution < -0.4 is 17.2 Å². The summed E-state index contributed by atoms with van der Waals surface area (Å²) in [5, 5.41) is 23.3. The van der Waals surface area contributed by atoms with E-state index < -0.39 is 0 Å². The lowest BCUT2D eigenvalue weighted by molar-refractivity contribution is 0.685. The van der Waals surface area contributed by atoms with Crippen molar-refractivity contribution in [3.05, 3.63) is 70.4 Å². The maximum atomic E-state index is 8.69. The van der Waals surface area contributed by atoms with Crippen molar-refractivity contribution in [3.63, 3.8) is 0 Å². The molecule has 0 saturated heterocycles. The number of allylic oxidation sites excluding steroid dienone is 2. The number of nitrogens with zero attached hydrogens (tertiary/aromatic N) is 1. The first kappa shape index (κ1) is 19.7. The van der Waals surface area contributed by atoms with Crippen molar-refractivity contribution in [1.29, 1.82) is 16.1 Å². The summed E-state index contributed by atoms with van der Waals surface area (Å²) in [6, 6.07) is 13.1. The Morgan fingerprint density at radius 3 is 2.41 bits per heavy atom. The molecule has 0 saturated carbocycles. The zero-order chi connectivity index (χ0) is 19.8. The molecule has 0 atom stereocenters. The van der Waals surface area contributed by atoms with Gasteiger partial charge in [0, 0.05) is 23.2 Å². The zero-order valence-electron chi connectivity index (χ0n) is 15.1. The predicted octanol–water partition coefficient (Wildman–Crippen LogP) is 3.15. The number of fused-ring (bicyclic) bond motifs is 1. The van der Waals surface area contributed by atoms with E-state index in [1.54, 1.807) is 18.2 Å². The van der Waals surface area contributed by atoms with Gasteiger partial charge < -0.3 is 22.6 Å². The Labute approximate surface area is 159 Å². The predicted molar refractivity (Wildman–Crippen MR) is 111 cm³/mol.